The average Bonchev–Trinajstić information content (AvgIpc) is 2.64. The summed E-state index contributed by atoms with van der Waals surface area (Å²) in [5.41, 5.74) is 2.07. The number of benzene rings is 1. The predicted octanol–water partition coefficient (Wildman–Crippen LogP) is 2.95. The van der Waals surface area contributed by atoms with Crippen molar-refractivity contribution in [3.63, 3.8) is 0 Å². The zero-order valence-corrected chi connectivity index (χ0v) is 12.2. The van der Waals surface area contributed by atoms with Gasteiger partial charge in [-0.25, -0.2) is 0 Å². The fourth-order valence-corrected chi connectivity index (χ4v) is 2.68. The molecule has 0 aromatic heterocycles. The van der Waals surface area contributed by atoms with Crippen molar-refractivity contribution in [2.24, 2.45) is 0 Å². The second kappa shape index (κ2) is 5.39. The molecule has 1 aliphatic heterocycles. The quantitative estimate of drug-likeness (QED) is 0.893. The summed E-state index contributed by atoms with van der Waals surface area (Å²) in [6, 6.07) is 3.87. The van der Waals surface area contributed by atoms with E-state index in [1.54, 1.807) is 6.07 Å². The van der Waals surface area contributed by atoms with Crippen LogP contribution in [0.25, 0.3) is 0 Å². The van der Waals surface area contributed by atoms with E-state index < -0.39 is 12.0 Å². The maximum atomic E-state index is 11.4. The molecule has 2 atom stereocenters. The molecule has 0 bridgehead atoms. The third kappa shape index (κ3) is 2.55. The second-order valence-corrected chi connectivity index (χ2v) is 5.44. The Balaban J connectivity index is 2.34. The predicted molar refractivity (Wildman–Crippen MR) is 77.8 cm³/mol. The Morgan fingerprint density at radius 3 is 2.84 bits per heavy atom. The number of nitrogens with zero attached hydrogens (tertiary/aromatic N) is 1. The molecule has 19 heavy (non-hydrogen) atoms. The Labute approximate surface area is 118 Å². The molecule has 1 aromatic carbocycles. The number of rotatable bonds is 4. The normalized spacial score (nSPS) is 19.0. The van der Waals surface area contributed by atoms with Crippen molar-refractivity contribution in [1.29, 1.82) is 0 Å². The first-order chi connectivity index (χ1) is 8.95. The molecule has 2 unspecified atom stereocenters. The van der Waals surface area contributed by atoms with Gasteiger partial charge in [0.1, 0.15) is 0 Å². The van der Waals surface area contributed by atoms with Gasteiger partial charge in [-0.05, 0) is 25.5 Å². The topological polar surface area (TPSA) is 52.6 Å². The van der Waals surface area contributed by atoms with Crippen LogP contribution < -0.4 is 10.2 Å². The van der Waals surface area contributed by atoms with Crippen LogP contribution in [0.4, 0.5) is 11.4 Å². The van der Waals surface area contributed by atoms with E-state index in [9.17, 15) is 9.90 Å². The third-order valence-electron chi connectivity index (χ3n) is 3.67. The number of anilines is 2. The van der Waals surface area contributed by atoms with Crippen molar-refractivity contribution in [2.45, 2.75) is 38.8 Å². The minimum atomic E-state index is -1.11. The van der Waals surface area contributed by atoms with Crippen molar-refractivity contribution < 1.29 is 9.90 Å². The van der Waals surface area contributed by atoms with Crippen LogP contribution >= 0.6 is 11.6 Å². The first kappa shape index (κ1) is 14.2. The number of fused-ring (bicyclic) bond motifs is 1. The summed E-state index contributed by atoms with van der Waals surface area (Å²) in [6.07, 6.45) is 1.06. The van der Waals surface area contributed by atoms with Gasteiger partial charge in [0.25, 0.3) is 5.91 Å². The zero-order valence-electron chi connectivity index (χ0n) is 11.4. The van der Waals surface area contributed by atoms with Gasteiger partial charge in [-0.3, -0.25) is 4.79 Å². The molecular formula is C14H19ClN2O2. The molecule has 5 heteroatoms. The van der Waals surface area contributed by atoms with Gasteiger partial charge in [-0.15, -0.1) is 0 Å². The van der Waals surface area contributed by atoms with Crippen LogP contribution in [-0.2, 0) is 4.79 Å². The maximum Gasteiger partial charge on any atom is 0.257 e. The van der Waals surface area contributed by atoms with Crippen molar-refractivity contribution in [2.75, 3.05) is 17.3 Å². The lowest BCUT2D eigenvalue weighted by atomic mass is 10.1. The van der Waals surface area contributed by atoms with E-state index in [1.807, 2.05) is 13.1 Å². The molecule has 0 saturated heterocycles. The molecule has 1 heterocycles. The van der Waals surface area contributed by atoms with Crippen molar-refractivity contribution in [3.05, 3.63) is 22.7 Å². The van der Waals surface area contributed by atoms with Crippen LogP contribution in [0.1, 0.15) is 38.4 Å². The van der Waals surface area contributed by atoms with E-state index in [0.717, 1.165) is 18.5 Å². The van der Waals surface area contributed by atoms with Gasteiger partial charge in [0.15, 0.2) is 6.10 Å². The number of nitrogens with one attached hydrogen (secondary N) is 1. The summed E-state index contributed by atoms with van der Waals surface area (Å²) in [7, 11) is 1.99. The van der Waals surface area contributed by atoms with Gasteiger partial charge >= 0.3 is 0 Å². The number of amides is 1. The SMILES string of the molecule is CCCC(C)N(C)c1cc2c(cc1Cl)C(O)C(=O)N2. The fourth-order valence-electron chi connectivity index (χ4n) is 2.37. The summed E-state index contributed by atoms with van der Waals surface area (Å²) in [4.78, 5) is 13.5. The minimum Gasteiger partial charge on any atom is -0.378 e. The standard InChI is InChI=1S/C14H19ClN2O2/c1-4-5-8(2)17(3)12-7-11-9(6-10(12)15)13(18)14(19)16-11/h6-8,13,18H,4-5H2,1-3H3,(H,16,19). The lowest BCUT2D eigenvalue weighted by Gasteiger charge is -2.28. The van der Waals surface area contributed by atoms with Gasteiger partial charge < -0.3 is 15.3 Å². The van der Waals surface area contributed by atoms with E-state index >= 15 is 0 Å². The van der Waals surface area contributed by atoms with Gasteiger partial charge in [-0.1, -0.05) is 24.9 Å². The van der Waals surface area contributed by atoms with Crippen LogP contribution in [0.15, 0.2) is 12.1 Å². The van der Waals surface area contributed by atoms with Crippen LogP contribution in [0.3, 0.4) is 0 Å². The lowest BCUT2D eigenvalue weighted by Crippen LogP contribution is -2.28. The third-order valence-corrected chi connectivity index (χ3v) is 3.97. The highest BCUT2D eigenvalue weighted by Crippen LogP contribution is 2.39. The number of carbonyl (C=O) groups excluding carboxylic acids is 1. The summed E-state index contributed by atoms with van der Waals surface area (Å²) >= 11 is 6.27. The second-order valence-electron chi connectivity index (χ2n) is 5.03. The van der Waals surface area contributed by atoms with Crippen molar-refractivity contribution in [3.8, 4) is 0 Å². The number of carbonyl (C=O) groups is 1. The van der Waals surface area contributed by atoms with Gasteiger partial charge in [0.05, 0.1) is 10.7 Å². The Bertz CT molecular complexity index is 504. The van der Waals surface area contributed by atoms with Crippen LogP contribution in [0, 0.1) is 0 Å². The fraction of sp³-hybridized carbons (Fsp3) is 0.500. The van der Waals surface area contributed by atoms with E-state index in [4.69, 9.17) is 11.6 Å². The lowest BCUT2D eigenvalue weighted by molar-refractivity contribution is -0.123. The molecule has 2 N–H and O–H groups in total. The average molecular weight is 283 g/mol. The molecule has 1 aromatic rings. The molecule has 0 fully saturated rings. The largest absolute Gasteiger partial charge is 0.378 e. The van der Waals surface area contributed by atoms with E-state index in [1.165, 1.54) is 0 Å². The number of aliphatic hydroxyl groups excluding tert-OH is 1. The van der Waals surface area contributed by atoms with Gasteiger partial charge in [0, 0.05) is 24.3 Å². The highest BCUT2D eigenvalue weighted by Gasteiger charge is 2.30. The molecule has 2 rings (SSSR count). The molecule has 0 spiro atoms. The minimum absolute atomic E-state index is 0.363. The number of hydrogen-bond acceptors (Lipinski definition) is 3. The van der Waals surface area contributed by atoms with Gasteiger partial charge in [0.2, 0.25) is 0 Å². The van der Waals surface area contributed by atoms with Gasteiger partial charge in [-0.2, -0.15) is 0 Å². The Kier molecular flexibility index (Phi) is 4.02. The zero-order chi connectivity index (χ0) is 14.2. The Morgan fingerprint density at radius 1 is 1.53 bits per heavy atom. The Morgan fingerprint density at radius 2 is 2.21 bits per heavy atom. The van der Waals surface area contributed by atoms with E-state index in [-0.39, 0.29) is 0 Å². The van der Waals surface area contributed by atoms with Crippen LogP contribution in [0.2, 0.25) is 5.02 Å². The number of aliphatic hydroxyl groups is 1. The van der Waals surface area contributed by atoms with Crippen molar-refractivity contribution in [1.82, 2.24) is 0 Å². The summed E-state index contributed by atoms with van der Waals surface area (Å²) in [5.74, 6) is -0.396. The van der Waals surface area contributed by atoms with Crippen LogP contribution in [-0.4, -0.2) is 24.1 Å². The summed E-state index contributed by atoms with van der Waals surface area (Å²) in [6.45, 7) is 4.28. The highest BCUT2D eigenvalue weighted by molar-refractivity contribution is 6.33. The maximum absolute atomic E-state index is 11.4. The number of hydrogen-bond donors (Lipinski definition) is 2. The molecule has 104 valence electrons. The Hall–Kier alpha value is -1.26. The first-order valence-electron chi connectivity index (χ1n) is 6.51. The summed E-state index contributed by atoms with van der Waals surface area (Å²) in [5, 5.41) is 12.9. The molecular weight excluding hydrogens is 264 g/mol. The highest BCUT2D eigenvalue weighted by atomic mass is 35.5. The molecule has 0 aliphatic carbocycles. The molecule has 0 saturated carbocycles. The molecule has 1 aliphatic rings. The summed E-state index contributed by atoms with van der Waals surface area (Å²) < 4.78 is 0. The number of halogens is 1. The van der Waals surface area contributed by atoms with Crippen LogP contribution in [0.5, 0.6) is 0 Å². The monoisotopic (exact) mass is 282 g/mol. The molecule has 0 radical (unpaired) electrons. The van der Waals surface area contributed by atoms with Crippen molar-refractivity contribution >= 4 is 28.9 Å². The first-order valence-corrected chi connectivity index (χ1v) is 6.88. The molecule has 1 amide bonds. The van der Waals surface area contributed by atoms with E-state index in [2.05, 4.69) is 24.1 Å². The molecule has 4 nitrogen and oxygen atoms in total. The van der Waals surface area contributed by atoms with E-state index in [0.29, 0.717) is 22.3 Å². The smallest absolute Gasteiger partial charge is 0.257 e.